The molecular formula is C16H25FN2. The second-order valence-electron chi connectivity index (χ2n) is 5.67. The predicted octanol–water partition coefficient (Wildman–Crippen LogP) is 3.35. The SMILES string of the molecule is CCC(NCC(C)N(C)C1CC1)c1ccc(F)cc1. The molecule has 1 fully saturated rings. The second-order valence-corrected chi connectivity index (χ2v) is 5.67. The van der Waals surface area contributed by atoms with Gasteiger partial charge in [-0.2, -0.15) is 0 Å². The van der Waals surface area contributed by atoms with Gasteiger partial charge < -0.3 is 5.32 Å². The minimum Gasteiger partial charge on any atom is -0.308 e. The summed E-state index contributed by atoms with van der Waals surface area (Å²) in [6.07, 6.45) is 3.71. The fourth-order valence-electron chi connectivity index (χ4n) is 2.49. The van der Waals surface area contributed by atoms with Crippen molar-refractivity contribution >= 4 is 0 Å². The molecule has 1 aromatic rings. The Morgan fingerprint density at radius 2 is 1.95 bits per heavy atom. The standard InChI is InChI=1S/C16H25FN2/c1-4-16(13-5-7-14(17)8-6-13)18-11-12(2)19(3)15-9-10-15/h5-8,12,15-16,18H,4,9-11H2,1-3H3. The van der Waals surface area contributed by atoms with Gasteiger partial charge in [0.05, 0.1) is 0 Å². The Bertz CT molecular complexity index is 386. The Hall–Kier alpha value is -0.930. The van der Waals surface area contributed by atoms with Crippen LogP contribution in [0.2, 0.25) is 0 Å². The molecule has 3 heteroatoms. The van der Waals surface area contributed by atoms with E-state index in [1.165, 1.54) is 18.4 Å². The van der Waals surface area contributed by atoms with Crippen LogP contribution in [0.1, 0.15) is 44.7 Å². The number of likely N-dealkylation sites (N-methyl/N-ethyl adjacent to an activating group) is 1. The summed E-state index contributed by atoms with van der Waals surface area (Å²) >= 11 is 0. The van der Waals surface area contributed by atoms with E-state index in [2.05, 4.69) is 31.1 Å². The minimum atomic E-state index is -0.166. The van der Waals surface area contributed by atoms with E-state index in [0.29, 0.717) is 12.1 Å². The summed E-state index contributed by atoms with van der Waals surface area (Å²) in [5.74, 6) is -0.166. The fraction of sp³-hybridized carbons (Fsp3) is 0.625. The van der Waals surface area contributed by atoms with E-state index in [9.17, 15) is 4.39 Å². The zero-order valence-corrected chi connectivity index (χ0v) is 12.2. The molecule has 0 bridgehead atoms. The maximum absolute atomic E-state index is 12.9. The third-order valence-corrected chi connectivity index (χ3v) is 4.16. The molecule has 0 aromatic heterocycles. The van der Waals surface area contributed by atoms with Crippen molar-refractivity contribution in [1.82, 2.24) is 10.2 Å². The molecule has 0 radical (unpaired) electrons. The van der Waals surface area contributed by atoms with Crippen molar-refractivity contribution in [2.45, 2.75) is 51.2 Å². The van der Waals surface area contributed by atoms with Crippen LogP contribution in [0.15, 0.2) is 24.3 Å². The Morgan fingerprint density at radius 3 is 2.47 bits per heavy atom. The van der Waals surface area contributed by atoms with Gasteiger partial charge in [0.2, 0.25) is 0 Å². The van der Waals surface area contributed by atoms with E-state index in [1.807, 2.05) is 12.1 Å². The van der Waals surface area contributed by atoms with E-state index < -0.39 is 0 Å². The molecule has 2 nitrogen and oxygen atoms in total. The highest BCUT2D eigenvalue weighted by atomic mass is 19.1. The van der Waals surface area contributed by atoms with Gasteiger partial charge in [0.15, 0.2) is 0 Å². The van der Waals surface area contributed by atoms with E-state index in [-0.39, 0.29) is 5.82 Å². The van der Waals surface area contributed by atoms with Gasteiger partial charge in [0, 0.05) is 24.7 Å². The maximum Gasteiger partial charge on any atom is 0.123 e. The molecule has 0 aliphatic heterocycles. The average molecular weight is 264 g/mol. The second kappa shape index (κ2) is 6.49. The first kappa shape index (κ1) is 14.5. The molecule has 0 spiro atoms. The van der Waals surface area contributed by atoms with Gasteiger partial charge in [-0.05, 0) is 50.9 Å². The van der Waals surface area contributed by atoms with Crippen molar-refractivity contribution in [2.24, 2.45) is 0 Å². The van der Waals surface area contributed by atoms with Crippen LogP contribution in [0.5, 0.6) is 0 Å². The lowest BCUT2D eigenvalue weighted by Crippen LogP contribution is -2.40. The Labute approximate surface area is 116 Å². The normalized spacial score (nSPS) is 18.6. The molecule has 1 aliphatic carbocycles. The first-order valence-electron chi connectivity index (χ1n) is 7.32. The molecule has 2 atom stereocenters. The largest absolute Gasteiger partial charge is 0.308 e. The number of halogens is 1. The summed E-state index contributed by atoms with van der Waals surface area (Å²) in [5, 5.41) is 3.60. The zero-order chi connectivity index (χ0) is 13.8. The Morgan fingerprint density at radius 1 is 1.32 bits per heavy atom. The van der Waals surface area contributed by atoms with Crippen molar-refractivity contribution in [2.75, 3.05) is 13.6 Å². The summed E-state index contributed by atoms with van der Waals surface area (Å²) in [4.78, 5) is 2.46. The lowest BCUT2D eigenvalue weighted by Gasteiger charge is -2.27. The molecule has 1 N–H and O–H groups in total. The summed E-state index contributed by atoms with van der Waals surface area (Å²) in [5.41, 5.74) is 1.17. The van der Waals surface area contributed by atoms with Gasteiger partial charge in [-0.25, -0.2) is 4.39 Å². The molecule has 2 unspecified atom stereocenters. The molecule has 0 saturated heterocycles. The topological polar surface area (TPSA) is 15.3 Å². The maximum atomic E-state index is 12.9. The van der Waals surface area contributed by atoms with Crippen molar-refractivity contribution in [1.29, 1.82) is 0 Å². The Kier molecular flexibility index (Phi) is 4.94. The molecule has 106 valence electrons. The van der Waals surface area contributed by atoms with Crippen LogP contribution < -0.4 is 5.32 Å². The van der Waals surface area contributed by atoms with Crippen molar-refractivity contribution in [3.63, 3.8) is 0 Å². The molecule has 1 saturated carbocycles. The number of rotatable bonds is 7. The van der Waals surface area contributed by atoms with Gasteiger partial charge in [0.25, 0.3) is 0 Å². The van der Waals surface area contributed by atoms with Gasteiger partial charge in [-0.15, -0.1) is 0 Å². The molecule has 19 heavy (non-hydrogen) atoms. The molecule has 1 aliphatic rings. The lowest BCUT2D eigenvalue weighted by atomic mass is 10.0. The number of nitrogens with one attached hydrogen (secondary N) is 1. The molecule has 0 heterocycles. The minimum absolute atomic E-state index is 0.166. The number of benzene rings is 1. The third-order valence-electron chi connectivity index (χ3n) is 4.16. The highest BCUT2D eigenvalue weighted by Gasteiger charge is 2.29. The van der Waals surface area contributed by atoms with Gasteiger partial charge in [-0.1, -0.05) is 19.1 Å². The molecule has 0 amide bonds. The van der Waals surface area contributed by atoms with Crippen LogP contribution in [0.4, 0.5) is 4.39 Å². The molecule has 2 rings (SSSR count). The van der Waals surface area contributed by atoms with Crippen molar-refractivity contribution in [3.8, 4) is 0 Å². The van der Waals surface area contributed by atoms with Gasteiger partial charge in [0.1, 0.15) is 5.82 Å². The first-order chi connectivity index (χ1) is 9.11. The average Bonchev–Trinajstić information content (AvgIpc) is 3.24. The number of nitrogens with zero attached hydrogens (tertiary/aromatic N) is 1. The highest BCUT2D eigenvalue weighted by molar-refractivity contribution is 5.19. The highest BCUT2D eigenvalue weighted by Crippen LogP contribution is 2.27. The molecule has 1 aromatic carbocycles. The van der Waals surface area contributed by atoms with Gasteiger partial charge >= 0.3 is 0 Å². The summed E-state index contributed by atoms with van der Waals surface area (Å²) < 4.78 is 12.9. The zero-order valence-electron chi connectivity index (χ0n) is 12.2. The number of hydrogen-bond donors (Lipinski definition) is 1. The van der Waals surface area contributed by atoms with Crippen LogP contribution in [0.3, 0.4) is 0 Å². The van der Waals surface area contributed by atoms with Crippen LogP contribution in [-0.4, -0.2) is 30.6 Å². The van der Waals surface area contributed by atoms with Crippen LogP contribution >= 0.6 is 0 Å². The number of hydrogen-bond acceptors (Lipinski definition) is 2. The summed E-state index contributed by atoms with van der Waals surface area (Å²) in [6.45, 7) is 5.40. The fourth-order valence-corrected chi connectivity index (χ4v) is 2.49. The van der Waals surface area contributed by atoms with Crippen molar-refractivity contribution in [3.05, 3.63) is 35.6 Å². The first-order valence-corrected chi connectivity index (χ1v) is 7.32. The summed E-state index contributed by atoms with van der Waals surface area (Å²) in [6, 6.07) is 8.50. The van der Waals surface area contributed by atoms with E-state index in [4.69, 9.17) is 0 Å². The van der Waals surface area contributed by atoms with Crippen LogP contribution in [0.25, 0.3) is 0 Å². The lowest BCUT2D eigenvalue weighted by molar-refractivity contribution is 0.235. The van der Waals surface area contributed by atoms with Crippen LogP contribution in [0, 0.1) is 5.82 Å². The quantitative estimate of drug-likeness (QED) is 0.812. The predicted molar refractivity (Wildman–Crippen MR) is 77.7 cm³/mol. The summed E-state index contributed by atoms with van der Waals surface area (Å²) in [7, 11) is 2.21. The van der Waals surface area contributed by atoms with Crippen LogP contribution in [-0.2, 0) is 0 Å². The molecular weight excluding hydrogens is 239 g/mol. The van der Waals surface area contributed by atoms with Crippen molar-refractivity contribution < 1.29 is 4.39 Å². The monoisotopic (exact) mass is 264 g/mol. The Balaban J connectivity index is 1.86. The van der Waals surface area contributed by atoms with Gasteiger partial charge in [-0.3, -0.25) is 4.90 Å². The third kappa shape index (κ3) is 4.02. The van der Waals surface area contributed by atoms with E-state index >= 15 is 0 Å². The smallest absolute Gasteiger partial charge is 0.123 e. The van der Waals surface area contributed by atoms with E-state index in [0.717, 1.165) is 19.0 Å². The van der Waals surface area contributed by atoms with E-state index in [1.54, 1.807) is 12.1 Å².